The van der Waals surface area contributed by atoms with Crippen LogP contribution in [0.3, 0.4) is 0 Å². The minimum atomic E-state index is -0.335. The molecule has 2 amide bonds. The van der Waals surface area contributed by atoms with Crippen LogP contribution in [0, 0.1) is 0 Å². The van der Waals surface area contributed by atoms with Crippen LogP contribution in [0.15, 0.2) is 18.2 Å². The van der Waals surface area contributed by atoms with Crippen LogP contribution in [-0.2, 0) is 4.79 Å². The first-order valence-electron chi connectivity index (χ1n) is 6.54. The lowest BCUT2D eigenvalue weighted by atomic mass is 10.1. The second-order valence-electron chi connectivity index (χ2n) is 4.27. The number of ether oxygens (including phenoxy) is 1. The molecule has 110 valence electrons. The van der Waals surface area contributed by atoms with E-state index in [1.54, 1.807) is 25.2 Å². The molecule has 1 aromatic rings. The number of carbonyl (C=O) groups excluding carboxylic acids is 2. The van der Waals surface area contributed by atoms with E-state index in [2.05, 4.69) is 5.32 Å². The number of nitrogen functional groups attached to an aromatic ring is 1. The molecule has 20 heavy (non-hydrogen) atoms. The Hall–Kier alpha value is -2.24. The average Bonchev–Trinajstić information content (AvgIpc) is 2.38. The van der Waals surface area contributed by atoms with Crippen molar-refractivity contribution < 1.29 is 14.3 Å². The summed E-state index contributed by atoms with van der Waals surface area (Å²) in [6, 6.07) is 5.05. The van der Waals surface area contributed by atoms with Crippen molar-refractivity contribution in [3.8, 4) is 5.75 Å². The summed E-state index contributed by atoms with van der Waals surface area (Å²) in [5, 5.41) is 2.64. The third kappa shape index (κ3) is 3.88. The van der Waals surface area contributed by atoms with Gasteiger partial charge in [0.05, 0.1) is 13.2 Å². The predicted molar refractivity (Wildman–Crippen MR) is 77.7 cm³/mol. The molecule has 0 fully saturated rings. The number of likely N-dealkylation sites (N-methyl/N-ethyl adjacent to an activating group) is 2. The zero-order valence-corrected chi connectivity index (χ0v) is 12.1. The molecule has 6 nitrogen and oxygen atoms in total. The third-order valence-corrected chi connectivity index (χ3v) is 2.67. The van der Waals surface area contributed by atoms with Crippen LogP contribution in [0.5, 0.6) is 5.75 Å². The Morgan fingerprint density at radius 2 is 2.05 bits per heavy atom. The number of anilines is 1. The minimum Gasteiger partial charge on any atom is -0.493 e. The van der Waals surface area contributed by atoms with Crippen LogP contribution in [0.2, 0.25) is 0 Å². The SMILES string of the molecule is CCNC(=O)CN(C)C(=O)c1c(N)cccc1OCC. The molecule has 0 aliphatic heterocycles. The lowest BCUT2D eigenvalue weighted by Gasteiger charge is -2.19. The molecule has 6 heteroatoms. The molecule has 0 saturated carbocycles. The Morgan fingerprint density at radius 1 is 1.35 bits per heavy atom. The maximum atomic E-state index is 12.4. The van der Waals surface area contributed by atoms with Crippen molar-refractivity contribution in [3.05, 3.63) is 23.8 Å². The van der Waals surface area contributed by atoms with Crippen LogP contribution in [0.1, 0.15) is 24.2 Å². The summed E-state index contributed by atoms with van der Waals surface area (Å²) in [6.45, 7) is 4.59. The molecule has 1 aromatic carbocycles. The van der Waals surface area contributed by atoms with Gasteiger partial charge in [0.2, 0.25) is 5.91 Å². The van der Waals surface area contributed by atoms with Gasteiger partial charge < -0.3 is 20.7 Å². The summed E-state index contributed by atoms with van der Waals surface area (Å²) in [5.41, 5.74) is 6.48. The van der Waals surface area contributed by atoms with Crippen molar-refractivity contribution in [2.75, 3.05) is 32.5 Å². The van der Waals surface area contributed by atoms with Gasteiger partial charge in [-0.05, 0) is 26.0 Å². The minimum absolute atomic E-state index is 0.0213. The zero-order chi connectivity index (χ0) is 15.1. The van der Waals surface area contributed by atoms with E-state index in [0.717, 1.165) is 0 Å². The van der Waals surface area contributed by atoms with E-state index in [9.17, 15) is 9.59 Å². The number of nitrogens with two attached hydrogens (primary N) is 1. The lowest BCUT2D eigenvalue weighted by molar-refractivity contribution is -0.121. The lowest BCUT2D eigenvalue weighted by Crippen LogP contribution is -2.38. The first-order valence-corrected chi connectivity index (χ1v) is 6.54. The zero-order valence-electron chi connectivity index (χ0n) is 12.1. The fourth-order valence-electron chi connectivity index (χ4n) is 1.78. The molecule has 0 spiro atoms. The molecule has 0 radical (unpaired) electrons. The Bertz CT molecular complexity index is 489. The van der Waals surface area contributed by atoms with Gasteiger partial charge in [-0.3, -0.25) is 9.59 Å². The van der Waals surface area contributed by atoms with Gasteiger partial charge in [0.1, 0.15) is 11.3 Å². The van der Waals surface area contributed by atoms with Gasteiger partial charge in [0, 0.05) is 19.3 Å². The van der Waals surface area contributed by atoms with Crippen molar-refractivity contribution in [2.45, 2.75) is 13.8 Å². The van der Waals surface area contributed by atoms with Gasteiger partial charge in [-0.2, -0.15) is 0 Å². The molecule has 0 saturated heterocycles. The standard InChI is InChI=1S/C14H21N3O3/c1-4-16-12(18)9-17(3)14(19)13-10(15)7-6-8-11(13)20-5-2/h6-8H,4-5,9,15H2,1-3H3,(H,16,18). The highest BCUT2D eigenvalue weighted by Crippen LogP contribution is 2.25. The van der Waals surface area contributed by atoms with Gasteiger partial charge in [0.25, 0.3) is 5.91 Å². The Morgan fingerprint density at radius 3 is 2.65 bits per heavy atom. The van der Waals surface area contributed by atoms with E-state index in [1.807, 2.05) is 13.8 Å². The quantitative estimate of drug-likeness (QED) is 0.757. The highest BCUT2D eigenvalue weighted by molar-refractivity contribution is 6.03. The van der Waals surface area contributed by atoms with Gasteiger partial charge in [0.15, 0.2) is 0 Å². The van der Waals surface area contributed by atoms with Gasteiger partial charge in [-0.1, -0.05) is 6.07 Å². The molecule has 0 unspecified atom stereocenters. The van der Waals surface area contributed by atoms with Crippen molar-refractivity contribution in [1.82, 2.24) is 10.2 Å². The molecule has 3 N–H and O–H groups in total. The molecule has 0 bridgehead atoms. The third-order valence-electron chi connectivity index (χ3n) is 2.67. The molecule has 0 aliphatic carbocycles. The molecule has 1 rings (SSSR count). The van der Waals surface area contributed by atoms with Crippen LogP contribution in [-0.4, -0.2) is 43.5 Å². The molecular formula is C14H21N3O3. The number of hydrogen-bond acceptors (Lipinski definition) is 4. The summed E-state index contributed by atoms with van der Waals surface area (Å²) >= 11 is 0. The topological polar surface area (TPSA) is 84.7 Å². The summed E-state index contributed by atoms with van der Waals surface area (Å²) in [6.07, 6.45) is 0. The maximum absolute atomic E-state index is 12.4. The van der Waals surface area contributed by atoms with E-state index in [1.165, 1.54) is 4.90 Å². The monoisotopic (exact) mass is 279 g/mol. The second-order valence-corrected chi connectivity index (χ2v) is 4.27. The maximum Gasteiger partial charge on any atom is 0.259 e. The predicted octanol–water partition coefficient (Wildman–Crippen LogP) is 0.876. The summed E-state index contributed by atoms with van der Waals surface area (Å²) in [7, 11) is 1.56. The Kier molecular flexibility index (Phi) is 5.83. The molecule has 0 heterocycles. The van der Waals surface area contributed by atoms with E-state index in [-0.39, 0.29) is 18.4 Å². The van der Waals surface area contributed by atoms with Crippen LogP contribution < -0.4 is 15.8 Å². The number of carbonyl (C=O) groups is 2. The van der Waals surface area contributed by atoms with E-state index in [4.69, 9.17) is 10.5 Å². The van der Waals surface area contributed by atoms with Crippen molar-refractivity contribution >= 4 is 17.5 Å². The Balaban J connectivity index is 2.93. The van der Waals surface area contributed by atoms with Crippen molar-refractivity contribution in [3.63, 3.8) is 0 Å². The van der Waals surface area contributed by atoms with Crippen LogP contribution in [0.25, 0.3) is 0 Å². The number of amides is 2. The fraction of sp³-hybridized carbons (Fsp3) is 0.429. The molecule has 0 atom stereocenters. The van der Waals surface area contributed by atoms with Gasteiger partial charge in [-0.25, -0.2) is 0 Å². The smallest absolute Gasteiger partial charge is 0.259 e. The molecule has 0 aliphatic rings. The van der Waals surface area contributed by atoms with Gasteiger partial charge >= 0.3 is 0 Å². The normalized spacial score (nSPS) is 9.95. The number of rotatable bonds is 6. The van der Waals surface area contributed by atoms with E-state index in [0.29, 0.717) is 30.2 Å². The van der Waals surface area contributed by atoms with Crippen molar-refractivity contribution in [2.24, 2.45) is 0 Å². The first kappa shape index (κ1) is 15.8. The van der Waals surface area contributed by atoms with Crippen LogP contribution in [0.4, 0.5) is 5.69 Å². The number of benzene rings is 1. The number of nitrogens with one attached hydrogen (secondary N) is 1. The first-order chi connectivity index (χ1) is 9.51. The largest absolute Gasteiger partial charge is 0.493 e. The number of hydrogen-bond donors (Lipinski definition) is 2. The number of nitrogens with zero attached hydrogens (tertiary/aromatic N) is 1. The van der Waals surface area contributed by atoms with E-state index >= 15 is 0 Å². The van der Waals surface area contributed by atoms with Crippen LogP contribution >= 0.6 is 0 Å². The molecule has 0 aromatic heterocycles. The summed E-state index contributed by atoms with van der Waals surface area (Å²) in [5.74, 6) is -0.117. The van der Waals surface area contributed by atoms with Gasteiger partial charge in [-0.15, -0.1) is 0 Å². The summed E-state index contributed by atoms with van der Waals surface area (Å²) in [4.78, 5) is 25.2. The second kappa shape index (κ2) is 7.37. The average molecular weight is 279 g/mol. The summed E-state index contributed by atoms with van der Waals surface area (Å²) < 4.78 is 5.41. The molecular weight excluding hydrogens is 258 g/mol. The van der Waals surface area contributed by atoms with Crippen molar-refractivity contribution in [1.29, 1.82) is 0 Å². The Labute approximate surface area is 118 Å². The fourth-order valence-corrected chi connectivity index (χ4v) is 1.78. The highest BCUT2D eigenvalue weighted by Gasteiger charge is 2.21. The highest BCUT2D eigenvalue weighted by atomic mass is 16.5. The van der Waals surface area contributed by atoms with E-state index < -0.39 is 0 Å².